The molecule has 0 saturated carbocycles. The molecule has 1 amide bonds. The number of thiazole rings is 1. The van der Waals surface area contributed by atoms with E-state index < -0.39 is 0 Å². The van der Waals surface area contributed by atoms with Crippen LogP contribution in [0.15, 0.2) is 11.4 Å². The molecule has 1 saturated heterocycles. The van der Waals surface area contributed by atoms with E-state index in [-0.39, 0.29) is 24.5 Å². The van der Waals surface area contributed by atoms with Gasteiger partial charge < -0.3 is 5.32 Å². The van der Waals surface area contributed by atoms with Crippen molar-refractivity contribution in [2.45, 2.75) is 53.0 Å². The molecule has 0 unspecified atom stereocenters. The lowest BCUT2D eigenvalue weighted by atomic mass is 9.99. The highest BCUT2D eigenvalue weighted by molar-refractivity contribution is 7.14. The zero-order valence-corrected chi connectivity index (χ0v) is 17.8. The van der Waals surface area contributed by atoms with Gasteiger partial charge in [-0.3, -0.25) is 14.5 Å². The summed E-state index contributed by atoms with van der Waals surface area (Å²) in [6, 6.07) is 1.91. The van der Waals surface area contributed by atoms with Crippen LogP contribution in [0.1, 0.15) is 58.4 Å². The van der Waals surface area contributed by atoms with E-state index in [0.29, 0.717) is 5.13 Å². The Morgan fingerprint density at radius 3 is 2.67 bits per heavy atom. The lowest BCUT2D eigenvalue weighted by Crippen LogP contribution is -2.32. The Kier molecular flexibility index (Phi) is 6.78. The van der Waals surface area contributed by atoms with E-state index in [9.17, 15) is 9.59 Å². The third-order valence-electron chi connectivity index (χ3n) is 4.98. The number of rotatable bonds is 7. The summed E-state index contributed by atoms with van der Waals surface area (Å²) >= 11 is 3.07. The highest BCUT2D eigenvalue weighted by Gasteiger charge is 2.18. The van der Waals surface area contributed by atoms with Crippen molar-refractivity contribution in [1.29, 1.82) is 0 Å². The number of thiophene rings is 1. The smallest absolute Gasteiger partial charge is 0.226 e. The van der Waals surface area contributed by atoms with Crippen molar-refractivity contribution in [3.05, 3.63) is 32.5 Å². The monoisotopic (exact) mass is 405 g/mol. The number of aryl methyl sites for hydroxylation is 2. The van der Waals surface area contributed by atoms with Gasteiger partial charge in [0.2, 0.25) is 5.91 Å². The Balaban J connectivity index is 1.45. The van der Waals surface area contributed by atoms with Crippen molar-refractivity contribution in [2.24, 2.45) is 5.92 Å². The molecular weight excluding hydrogens is 378 g/mol. The Labute approximate surface area is 168 Å². The minimum atomic E-state index is -0.152. The van der Waals surface area contributed by atoms with Crippen LogP contribution >= 0.6 is 22.7 Å². The summed E-state index contributed by atoms with van der Waals surface area (Å²) in [6.07, 6.45) is 2.90. The SMILES string of the molecule is Cc1cc(C(=O)CCC(=O)Nc2nc(CN3CCC(C)CC3)cs2)c(C)s1. The number of piperidine rings is 1. The molecule has 0 atom stereocenters. The predicted molar refractivity (Wildman–Crippen MR) is 112 cm³/mol. The van der Waals surface area contributed by atoms with Crippen molar-refractivity contribution in [2.75, 3.05) is 18.4 Å². The number of carbonyl (C=O) groups excluding carboxylic acids is 2. The van der Waals surface area contributed by atoms with Crippen LogP contribution in [0.3, 0.4) is 0 Å². The average Bonchev–Trinajstić information content (AvgIpc) is 3.20. The quantitative estimate of drug-likeness (QED) is 0.681. The molecule has 0 radical (unpaired) electrons. The molecule has 0 aromatic carbocycles. The molecule has 1 fully saturated rings. The van der Waals surface area contributed by atoms with E-state index in [1.165, 1.54) is 24.2 Å². The fourth-order valence-corrected chi connectivity index (χ4v) is 5.00. The molecule has 27 heavy (non-hydrogen) atoms. The second kappa shape index (κ2) is 9.08. The van der Waals surface area contributed by atoms with Crippen LogP contribution in [0.2, 0.25) is 0 Å². The van der Waals surface area contributed by atoms with Crippen molar-refractivity contribution in [1.82, 2.24) is 9.88 Å². The highest BCUT2D eigenvalue weighted by Crippen LogP contribution is 2.23. The summed E-state index contributed by atoms with van der Waals surface area (Å²) in [5.74, 6) is 0.697. The molecule has 7 heteroatoms. The molecule has 3 rings (SSSR count). The molecule has 5 nitrogen and oxygen atoms in total. The van der Waals surface area contributed by atoms with Crippen LogP contribution in [-0.2, 0) is 11.3 Å². The Hall–Kier alpha value is -1.57. The molecular formula is C20H27N3O2S2. The second-order valence-electron chi connectivity index (χ2n) is 7.40. The van der Waals surface area contributed by atoms with Crippen LogP contribution < -0.4 is 5.32 Å². The third kappa shape index (κ3) is 5.70. The zero-order valence-electron chi connectivity index (χ0n) is 16.2. The van der Waals surface area contributed by atoms with E-state index in [1.807, 2.05) is 25.3 Å². The number of nitrogens with one attached hydrogen (secondary N) is 1. The minimum absolute atomic E-state index is 0.0335. The summed E-state index contributed by atoms with van der Waals surface area (Å²) in [5.41, 5.74) is 1.75. The van der Waals surface area contributed by atoms with Gasteiger partial charge in [-0.25, -0.2) is 4.98 Å². The van der Waals surface area contributed by atoms with Gasteiger partial charge in [-0.15, -0.1) is 22.7 Å². The maximum Gasteiger partial charge on any atom is 0.226 e. The van der Waals surface area contributed by atoms with Crippen LogP contribution in [0, 0.1) is 19.8 Å². The average molecular weight is 406 g/mol. The maximum atomic E-state index is 12.3. The first-order valence-corrected chi connectivity index (χ1v) is 11.2. The van der Waals surface area contributed by atoms with Gasteiger partial charge in [0.15, 0.2) is 10.9 Å². The Bertz CT molecular complexity index is 804. The van der Waals surface area contributed by atoms with Gasteiger partial charge in [0.1, 0.15) is 0 Å². The Morgan fingerprint density at radius 2 is 2.00 bits per heavy atom. The normalized spacial score (nSPS) is 15.8. The zero-order chi connectivity index (χ0) is 19.4. The number of aromatic nitrogens is 1. The molecule has 2 aromatic heterocycles. The molecule has 1 aliphatic rings. The van der Waals surface area contributed by atoms with Crippen molar-refractivity contribution in [3.63, 3.8) is 0 Å². The molecule has 0 bridgehead atoms. The molecule has 1 N–H and O–H groups in total. The second-order valence-corrected chi connectivity index (χ2v) is 9.72. The third-order valence-corrected chi connectivity index (χ3v) is 6.75. The maximum absolute atomic E-state index is 12.3. The standard InChI is InChI=1S/C20H27N3O2S2/c1-13-6-8-23(9-7-13)11-16-12-26-20(21-16)22-19(25)5-4-18(24)17-10-14(2)27-15(17)3/h10,12-13H,4-9,11H2,1-3H3,(H,21,22,25). The van der Waals surface area contributed by atoms with E-state index in [1.54, 1.807) is 11.3 Å². The number of hydrogen-bond acceptors (Lipinski definition) is 6. The molecule has 146 valence electrons. The lowest BCUT2D eigenvalue weighted by Gasteiger charge is -2.29. The number of Topliss-reactive ketones (excluding diaryl/α,β-unsaturated/α-hetero) is 1. The fourth-order valence-electron chi connectivity index (χ4n) is 3.34. The topological polar surface area (TPSA) is 62.3 Å². The number of anilines is 1. The van der Waals surface area contributed by atoms with Crippen molar-refractivity contribution < 1.29 is 9.59 Å². The highest BCUT2D eigenvalue weighted by atomic mass is 32.1. The first-order valence-electron chi connectivity index (χ1n) is 9.47. The van der Waals surface area contributed by atoms with Gasteiger partial charge in [-0.1, -0.05) is 6.92 Å². The number of ketones is 1. The summed E-state index contributed by atoms with van der Waals surface area (Å²) in [5, 5.41) is 5.46. The summed E-state index contributed by atoms with van der Waals surface area (Å²) in [6.45, 7) is 9.32. The van der Waals surface area contributed by atoms with Crippen LogP contribution in [0.4, 0.5) is 5.13 Å². The molecule has 2 aromatic rings. The van der Waals surface area contributed by atoms with Crippen molar-refractivity contribution in [3.8, 4) is 0 Å². The number of carbonyl (C=O) groups is 2. The summed E-state index contributed by atoms with van der Waals surface area (Å²) in [4.78, 5) is 33.6. The van der Waals surface area contributed by atoms with Gasteiger partial charge >= 0.3 is 0 Å². The van der Waals surface area contributed by atoms with E-state index >= 15 is 0 Å². The van der Waals surface area contributed by atoms with Gasteiger partial charge in [-0.2, -0.15) is 0 Å². The van der Waals surface area contributed by atoms with Crippen LogP contribution in [0.5, 0.6) is 0 Å². The van der Waals surface area contributed by atoms with Crippen LogP contribution in [-0.4, -0.2) is 34.7 Å². The first kappa shape index (κ1) is 20.2. The number of nitrogens with zero attached hydrogens (tertiary/aromatic N) is 2. The summed E-state index contributed by atoms with van der Waals surface area (Å²) in [7, 11) is 0. The van der Waals surface area contributed by atoms with E-state index in [4.69, 9.17) is 0 Å². The Morgan fingerprint density at radius 1 is 1.26 bits per heavy atom. The largest absolute Gasteiger partial charge is 0.302 e. The predicted octanol–water partition coefficient (Wildman–Crippen LogP) is 4.65. The van der Waals surface area contributed by atoms with Gasteiger partial charge in [0.25, 0.3) is 0 Å². The molecule has 3 heterocycles. The van der Waals surface area contributed by atoms with E-state index in [2.05, 4.69) is 22.1 Å². The number of likely N-dealkylation sites (tertiary alicyclic amines) is 1. The van der Waals surface area contributed by atoms with Gasteiger partial charge in [0, 0.05) is 40.1 Å². The molecule has 0 aliphatic carbocycles. The molecule has 0 spiro atoms. The summed E-state index contributed by atoms with van der Waals surface area (Å²) < 4.78 is 0. The van der Waals surface area contributed by atoms with Gasteiger partial charge in [0.05, 0.1) is 5.69 Å². The van der Waals surface area contributed by atoms with Crippen LogP contribution in [0.25, 0.3) is 0 Å². The number of hydrogen-bond donors (Lipinski definition) is 1. The minimum Gasteiger partial charge on any atom is -0.302 e. The number of amides is 1. The van der Waals surface area contributed by atoms with E-state index in [0.717, 1.165) is 46.6 Å². The first-order chi connectivity index (χ1) is 12.9. The molecule has 1 aliphatic heterocycles. The van der Waals surface area contributed by atoms with Gasteiger partial charge in [-0.05, 0) is 51.8 Å². The van der Waals surface area contributed by atoms with Crippen molar-refractivity contribution >= 4 is 39.5 Å². The lowest BCUT2D eigenvalue weighted by molar-refractivity contribution is -0.116. The fraction of sp³-hybridized carbons (Fsp3) is 0.550.